The van der Waals surface area contributed by atoms with Crippen LogP contribution in [0.4, 0.5) is 0 Å². The molecule has 27 heavy (non-hydrogen) atoms. The summed E-state index contributed by atoms with van der Waals surface area (Å²) in [7, 11) is 0. The number of amides is 2. The van der Waals surface area contributed by atoms with Gasteiger partial charge in [0.2, 0.25) is 11.8 Å². The summed E-state index contributed by atoms with van der Waals surface area (Å²) in [6, 6.07) is -0.646. The van der Waals surface area contributed by atoms with E-state index in [1.165, 1.54) is 0 Å². The minimum atomic E-state index is -0.507. The fraction of sp³-hybridized carbons (Fsp3) is 0.750. The number of aliphatic hydroxyl groups is 1. The third-order valence-electron chi connectivity index (χ3n) is 4.63. The van der Waals surface area contributed by atoms with Crippen molar-refractivity contribution in [1.82, 2.24) is 10.6 Å². The van der Waals surface area contributed by atoms with E-state index in [0.717, 1.165) is 19.3 Å². The summed E-state index contributed by atoms with van der Waals surface area (Å²) in [6.07, 6.45) is 7.30. The number of carbonyl (C=O) groups excluding carboxylic acids is 3. The number of carbonyl (C=O) groups is 3. The number of hydrogen-bond acceptors (Lipinski definition) is 5. The number of allylic oxidation sites excluding steroid dienone is 2. The number of cyclic esters (lactones) is 1. The summed E-state index contributed by atoms with van der Waals surface area (Å²) < 4.78 is 5.31. The van der Waals surface area contributed by atoms with Gasteiger partial charge in [0, 0.05) is 18.9 Å². The molecule has 0 aromatic carbocycles. The number of aliphatic hydroxyl groups excluding tert-OH is 1. The second-order valence-corrected chi connectivity index (χ2v) is 7.55. The summed E-state index contributed by atoms with van der Waals surface area (Å²) in [5.41, 5.74) is 0. The van der Waals surface area contributed by atoms with E-state index in [-0.39, 0.29) is 55.4 Å². The van der Waals surface area contributed by atoms with E-state index in [1.807, 2.05) is 26.0 Å². The van der Waals surface area contributed by atoms with Crippen LogP contribution in [-0.2, 0) is 19.1 Å². The maximum Gasteiger partial charge on any atom is 0.305 e. The first kappa shape index (κ1) is 23.1. The second-order valence-electron chi connectivity index (χ2n) is 7.55. The normalized spacial score (nSPS) is 23.9. The highest BCUT2D eigenvalue weighted by molar-refractivity contribution is 5.86. The van der Waals surface area contributed by atoms with Crippen LogP contribution in [0, 0.1) is 11.8 Å². The van der Waals surface area contributed by atoms with Crippen LogP contribution in [-0.4, -0.2) is 48.2 Å². The van der Waals surface area contributed by atoms with Crippen LogP contribution in [0.15, 0.2) is 12.2 Å². The topological polar surface area (TPSA) is 105 Å². The third-order valence-corrected chi connectivity index (χ3v) is 4.63. The number of rotatable bonds is 5. The fourth-order valence-corrected chi connectivity index (χ4v) is 2.75. The summed E-state index contributed by atoms with van der Waals surface area (Å²) in [4.78, 5) is 36.7. The van der Waals surface area contributed by atoms with Gasteiger partial charge >= 0.3 is 5.97 Å². The molecule has 0 saturated heterocycles. The lowest BCUT2D eigenvalue weighted by Crippen LogP contribution is -2.46. The second kappa shape index (κ2) is 12.5. The van der Waals surface area contributed by atoms with Gasteiger partial charge in [0.05, 0.1) is 18.6 Å². The van der Waals surface area contributed by atoms with E-state index < -0.39 is 5.92 Å². The first-order valence-electron chi connectivity index (χ1n) is 9.84. The molecule has 3 atom stereocenters. The third kappa shape index (κ3) is 9.56. The smallest absolute Gasteiger partial charge is 0.305 e. The van der Waals surface area contributed by atoms with E-state index in [9.17, 15) is 14.4 Å². The molecule has 7 heteroatoms. The molecule has 154 valence electrons. The van der Waals surface area contributed by atoms with Crippen molar-refractivity contribution in [2.75, 3.05) is 13.2 Å². The maximum atomic E-state index is 12.8. The highest BCUT2D eigenvalue weighted by Crippen LogP contribution is 2.14. The number of nitrogens with one attached hydrogen (secondary N) is 2. The van der Waals surface area contributed by atoms with Gasteiger partial charge in [-0.1, -0.05) is 26.0 Å². The Morgan fingerprint density at radius 3 is 2.70 bits per heavy atom. The number of hydrogen-bond donors (Lipinski definition) is 3. The molecule has 0 radical (unpaired) electrons. The predicted molar refractivity (Wildman–Crippen MR) is 103 cm³/mol. The average Bonchev–Trinajstić information content (AvgIpc) is 2.61. The molecular formula is C20H34N2O5. The summed E-state index contributed by atoms with van der Waals surface area (Å²) >= 11 is 0. The Morgan fingerprint density at radius 1 is 1.30 bits per heavy atom. The lowest BCUT2D eigenvalue weighted by atomic mass is 9.97. The molecule has 1 aliphatic heterocycles. The standard InChI is InChI=1S/C20H34N2O5/c1-14(2)17-13-27-19(25)10-8-6-4-5-7-9-16(20(26)22-17)11-18(24)21-15(3)12-23/h5,7,14-17,23H,4,6,8-13H2,1-3H3,(H,21,24)(H,22,26)/t15-,16+,17+/m0/s1. The van der Waals surface area contributed by atoms with E-state index in [2.05, 4.69) is 10.6 Å². The van der Waals surface area contributed by atoms with Crippen molar-refractivity contribution in [2.24, 2.45) is 11.8 Å². The van der Waals surface area contributed by atoms with Gasteiger partial charge < -0.3 is 20.5 Å². The Hall–Kier alpha value is -1.89. The van der Waals surface area contributed by atoms with Gasteiger partial charge in [0.25, 0.3) is 0 Å². The molecule has 0 bridgehead atoms. The van der Waals surface area contributed by atoms with Gasteiger partial charge in [-0.3, -0.25) is 14.4 Å². The van der Waals surface area contributed by atoms with Gasteiger partial charge in [-0.25, -0.2) is 0 Å². The van der Waals surface area contributed by atoms with Crippen LogP contribution < -0.4 is 10.6 Å². The zero-order chi connectivity index (χ0) is 20.2. The van der Waals surface area contributed by atoms with Crippen molar-refractivity contribution in [3.63, 3.8) is 0 Å². The SMILES string of the molecule is CC(C)[C@H]1COC(=O)CCCCC=CC[C@H](CC(=O)N[C@@H](C)CO)C(=O)N1. The molecule has 2 amide bonds. The molecule has 0 saturated carbocycles. The number of esters is 1. The molecule has 0 unspecified atom stereocenters. The van der Waals surface area contributed by atoms with Crippen LogP contribution in [0.3, 0.4) is 0 Å². The molecule has 3 N–H and O–H groups in total. The van der Waals surface area contributed by atoms with Gasteiger partial charge in [-0.05, 0) is 38.5 Å². The summed E-state index contributed by atoms with van der Waals surface area (Å²) in [5.74, 6) is -1.15. The fourth-order valence-electron chi connectivity index (χ4n) is 2.75. The Labute approximate surface area is 161 Å². The van der Waals surface area contributed by atoms with E-state index in [4.69, 9.17) is 9.84 Å². The van der Waals surface area contributed by atoms with Crippen molar-refractivity contribution in [3.8, 4) is 0 Å². The Balaban J connectivity index is 2.84. The summed E-state index contributed by atoms with van der Waals surface area (Å²) in [6.45, 7) is 5.59. The Kier molecular flexibility index (Phi) is 10.7. The highest BCUT2D eigenvalue weighted by Gasteiger charge is 2.26. The highest BCUT2D eigenvalue weighted by atomic mass is 16.5. The molecule has 0 fully saturated rings. The van der Waals surface area contributed by atoms with Crippen LogP contribution in [0.1, 0.15) is 59.3 Å². The molecule has 7 nitrogen and oxygen atoms in total. The van der Waals surface area contributed by atoms with Crippen LogP contribution in [0.5, 0.6) is 0 Å². The van der Waals surface area contributed by atoms with E-state index in [0.29, 0.717) is 12.8 Å². The molecule has 0 aromatic heterocycles. The largest absolute Gasteiger partial charge is 0.463 e. The van der Waals surface area contributed by atoms with E-state index >= 15 is 0 Å². The van der Waals surface area contributed by atoms with Gasteiger partial charge in [-0.15, -0.1) is 0 Å². The zero-order valence-electron chi connectivity index (χ0n) is 16.7. The predicted octanol–water partition coefficient (Wildman–Crippen LogP) is 1.69. The number of ether oxygens (including phenoxy) is 1. The minimum Gasteiger partial charge on any atom is -0.463 e. The maximum absolute atomic E-state index is 12.8. The van der Waals surface area contributed by atoms with Gasteiger partial charge in [-0.2, -0.15) is 0 Å². The summed E-state index contributed by atoms with van der Waals surface area (Å²) in [5, 5.41) is 14.7. The molecule has 0 aromatic rings. The average molecular weight is 383 g/mol. The van der Waals surface area contributed by atoms with Gasteiger partial charge in [0.1, 0.15) is 6.61 Å². The molecule has 1 heterocycles. The van der Waals surface area contributed by atoms with E-state index in [1.54, 1.807) is 6.92 Å². The minimum absolute atomic E-state index is 0.0467. The first-order valence-corrected chi connectivity index (χ1v) is 9.84. The van der Waals surface area contributed by atoms with Crippen molar-refractivity contribution < 1.29 is 24.2 Å². The van der Waals surface area contributed by atoms with Crippen LogP contribution in [0.25, 0.3) is 0 Å². The molecule has 1 rings (SSSR count). The monoisotopic (exact) mass is 382 g/mol. The quantitative estimate of drug-likeness (QED) is 0.496. The van der Waals surface area contributed by atoms with Crippen LogP contribution >= 0.6 is 0 Å². The van der Waals surface area contributed by atoms with Crippen molar-refractivity contribution in [1.29, 1.82) is 0 Å². The molecule has 0 aliphatic carbocycles. The molecular weight excluding hydrogens is 348 g/mol. The van der Waals surface area contributed by atoms with Crippen molar-refractivity contribution >= 4 is 17.8 Å². The van der Waals surface area contributed by atoms with Gasteiger partial charge in [0.15, 0.2) is 0 Å². The lowest BCUT2D eigenvalue weighted by molar-refractivity contribution is -0.145. The Morgan fingerprint density at radius 2 is 2.04 bits per heavy atom. The first-order chi connectivity index (χ1) is 12.8. The Bertz CT molecular complexity index is 519. The van der Waals surface area contributed by atoms with Crippen molar-refractivity contribution in [3.05, 3.63) is 12.2 Å². The van der Waals surface area contributed by atoms with Crippen molar-refractivity contribution in [2.45, 2.75) is 71.4 Å². The van der Waals surface area contributed by atoms with Crippen LogP contribution in [0.2, 0.25) is 0 Å². The molecule has 0 spiro atoms. The molecule has 1 aliphatic rings. The lowest BCUT2D eigenvalue weighted by Gasteiger charge is -2.25. The zero-order valence-corrected chi connectivity index (χ0v) is 16.7.